The number of halogens is 1. The van der Waals surface area contributed by atoms with Crippen LogP contribution in [0, 0.1) is 11.3 Å². The summed E-state index contributed by atoms with van der Waals surface area (Å²) in [5.74, 6) is 0. The van der Waals surface area contributed by atoms with E-state index in [-0.39, 0.29) is 5.11 Å². The summed E-state index contributed by atoms with van der Waals surface area (Å²) in [7, 11) is 0. The molecule has 112 valence electrons. The summed E-state index contributed by atoms with van der Waals surface area (Å²) < 4.78 is 2.73. The first-order chi connectivity index (χ1) is 10.6. The van der Waals surface area contributed by atoms with Crippen LogP contribution in [0.2, 0.25) is 0 Å². The molecule has 0 unspecified atom stereocenters. The average Bonchev–Trinajstić information content (AvgIpc) is 2.88. The van der Waals surface area contributed by atoms with Crippen LogP contribution >= 0.6 is 28.1 Å². The van der Waals surface area contributed by atoms with Crippen LogP contribution in [0.4, 0.5) is 0 Å². The van der Waals surface area contributed by atoms with E-state index in [1.807, 2.05) is 30.3 Å². The van der Waals surface area contributed by atoms with Gasteiger partial charge in [-0.05, 0) is 30.4 Å². The van der Waals surface area contributed by atoms with Crippen molar-refractivity contribution in [1.29, 1.82) is 5.26 Å². The molecule has 0 radical (unpaired) electrons. The Hall–Kier alpha value is -2.24. The van der Waals surface area contributed by atoms with Crippen LogP contribution in [-0.2, 0) is 6.54 Å². The van der Waals surface area contributed by atoms with Gasteiger partial charge in [-0.3, -0.25) is 10.1 Å². The van der Waals surface area contributed by atoms with Crippen molar-refractivity contribution < 1.29 is 0 Å². The topological polar surface area (TPSA) is 92.0 Å². The Bertz CT molecular complexity index is 729. The molecule has 0 aliphatic rings. The number of aromatic nitrogens is 2. The lowest BCUT2D eigenvalue weighted by molar-refractivity contribution is 0.625. The summed E-state index contributed by atoms with van der Waals surface area (Å²) in [5.41, 5.74) is 10.4. The van der Waals surface area contributed by atoms with E-state index in [0.717, 1.165) is 21.4 Å². The molecule has 1 aromatic carbocycles. The molecule has 0 atom stereocenters. The van der Waals surface area contributed by atoms with Crippen molar-refractivity contribution in [2.75, 3.05) is 0 Å². The minimum absolute atomic E-state index is 0.0903. The highest BCUT2D eigenvalue weighted by Crippen LogP contribution is 2.21. The van der Waals surface area contributed by atoms with E-state index in [1.54, 1.807) is 10.9 Å². The Labute approximate surface area is 141 Å². The third-order valence-corrected chi connectivity index (χ3v) is 3.38. The first kappa shape index (κ1) is 16.1. The van der Waals surface area contributed by atoms with Crippen LogP contribution in [0.1, 0.15) is 12.1 Å². The maximum Gasteiger partial charge on any atom is 0.184 e. The second-order valence-electron chi connectivity index (χ2n) is 4.33. The number of nitrogens with zero attached hydrogens (tertiary/aromatic N) is 4. The first-order valence-corrected chi connectivity index (χ1v) is 7.59. The van der Waals surface area contributed by atoms with E-state index in [2.05, 4.69) is 37.6 Å². The quantitative estimate of drug-likeness (QED) is 0.474. The van der Waals surface area contributed by atoms with Crippen molar-refractivity contribution in [3.63, 3.8) is 0 Å². The molecule has 3 N–H and O–H groups in total. The first-order valence-electron chi connectivity index (χ1n) is 6.39. The van der Waals surface area contributed by atoms with Crippen LogP contribution in [-0.4, -0.2) is 21.1 Å². The van der Waals surface area contributed by atoms with E-state index in [4.69, 9.17) is 23.2 Å². The van der Waals surface area contributed by atoms with E-state index in [1.165, 1.54) is 0 Å². The second kappa shape index (κ2) is 7.68. The molecule has 0 saturated carbocycles. The molecular weight excluding hydrogens is 364 g/mol. The lowest BCUT2D eigenvalue weighted by Gasteiger charge is -2.00. The minimum atomic E-state index is 0.0903. The van der Waals surface area contributed by atoms with Crippen LogP contribution in [0.25, 0.3) is 11.3 Å². The van der Waals surface area contributed by atoms with Crippen molar-refractivity contribution in [3.8, 4) is 17.3 Å². The summed E-state index contributed by atoms with van der Waals surface area (Å²) in [5, 5.41) is 17.3. The van der Waals surface area contributed by atoms with Gasteiger partial charge in [-0.15, -0.1) is 0 Å². The second-order valence-corrected chi connectivity index (χ2v) is 5.68. The normalized spacial score (nSPS) is 10.5. The number of benzene rings is 1. The zero-order chi connectivity index (χ0) is 15.9. The van der Waals surface area contributed by atoms with Crippen molar-refractivity contribution in [2.45, 2.75) is 13.0 Å². The fraction of sp³-hybridized carbons (Fsp3) is 0.143. The Kier molecular flexibility index (Phi) is 5.63. The third-order valence-electron chi connectivity index (χ3n) is 2.76. The predicted octanol–water partition coefficient (Wildman–Crippen LogP) is 2.39. The number of hydrazone groups is 1. The highest BCUT2D eigenvalue weighted by atomic mass is 79.9. The molecule has 0 aliphatic heterocycles. The summed E-state index contributed by atoms with van der Waals surface area (Å²) in [4.78, 5) is 0. The van der Waals surface area contributed by atoms with Crippen LogP contribution in [0.5, 0.6) is 0 Å². The summed E-state index contributed by atoms with van der Waals surface area (Å²) >= 11 is 8.10. The van der Waals surface area contributed by atoms with E-state index in [0.29, 0.717) is 13.0 Å². The summed E-state index contributed by atoms with van der Waals surface area (Å²) in [6, 6.07) is 11.8. The van der Waals surface area contributed by atoms with E-state index < -0.39 is 0 Å². The van der Waals surface area contributed by atoms with Gasteiger partial charge in [0.2, 0.25) is 0 Å². The predicted molar refractivity (Wildman–Crippen MR) is 93.1 cm³/mol. The molecule has 0 amide bonds. The highest BCUT2D eigenvalue weighted by molar-refractivity contribution is 9.10. The van der Waals surface area contributed by atoms with Gasteiger partial charge in [0, 0.05) is 10.0 Å². The van der Waals surface area contributed by atoms with Gasteiger partial charge in [0.05, 0.1) is 36.6 Å². The molecule has 0 aliphatic carbocycles. The molecule has 1 heterocycles. The van der Waals surface area contributed by atoms with Crippen molar-refractivity contribution in [2.24, 2.45) is 10.8 Å². The Morgan fingerprint density at radius 3 is 2.86 bits per heavy atom. The molecule has 0 bridgehead atoms. The van der Waals surface area contributed by atoms with Crippen molar-refractivity contribution in [1.82, 2.24) is 15.2 Å². The molecule has 0 spiro atoms. The standard InChI is InChI=1S/C14H13BrN6S/c15-11-4-2-10(3-5-11)13-8-12(9-18-19-14(17)22)21(20-13)7-1-6-16/h2-5,8-9H,1,7H2,(H3,17,19,22)/b18-9-. The van der Waals surface area contributed by atoms with Crippen LogP contribution in [0.15, 0.2) is 39.9 Å². The molecule has 0 saturated heterocycles. The molecule has 2 rings (SSSR count). The molecule has 22 heavy (non-hydrogen) atoms. The maximum absolute atomic E-state index is 8.75. The average molecular weight is 377 g/mol. The number of hydrogen-bond acceptors (Lipinski definition) is 4. The number of nitriles is 1. The lowest BCUT2D eigenvalue weighted by Crippen LogP contribution is -2.24. The fourth-order valence-electron chi connectivity index (χ4n) is 1.79. The van der Waals surface area contributed by atoms with Gasteiger partial charge in [-0.25, -0.2) is 0 Å². The van der Waals surface area contributed by atoms with E-state index in [9.17, 15) is 0 Å². The number of aryl methyl sites for hydroxylation is 1. The smallest absolute Gasteiger partial charge is 0.184 e. The van der Waals surface area contributed by atoms with Gasteiger partial charge in [0.15, 0.2) is 5.11 Å². The summed E-state index contributed by atoms with van der Waals surface area (Å²) in [6.45, 7) is 0.488. The van der Waals surface area contributed by atoms with Crippen molar-refractivity contribution in [3.05, 3.63) is 40.5 Å². The summed E-state index contributed by atoms with van der Waals surface area (Å²) in [6.07, 6.45) is 1.94. The van der Waals surface area contributed by atoms with Crippen molar-refractivity contribution >= 4 is 39.5 Å². The molecule has 8 heteroatoms. The van der Waals surface area contributed by atoms with Gasteiger partial charge in [0.25, 0.3) is 0 Å². The van der Waals surface area contributed by atoms with Gasteiger partial charge in [-0.1, -0.05) is 28.1 Å². The number of rotatable bonds is 5. The number of thiocarbonyl (C=S) groups is 1. The molecule has 2 aromatic rings. The van der Waals surface area contributed by atoms with Crippen LogP contribution in [0.3, 0.4) is 0 Å². The third kappa shape index (κ3) is 4.38. The van der Waals surface area contributed by atoms with Gasteiger partial charge < -0.3 is 5.73 Å². The molecule has 0 fully saturated rings. The Morgan fingerprint density at radius 2 is 2.23 bits per heavy atom. The largest absolute Gasteiger partial charge is 0.375 e. The Morgan fingerprint density at radius 1 is 1.50 bits per heavy atom. The highest BCUT2D eigenvalue weighted by Gasteiger charge is 2.08. The minimum Gasteiger partial charge on any atom is -0.375 e. The number of nitrogens with two attached hydrogens (primary N) is 1. The van der Waals surface area contributed by atoms with Gasteiger partial charge >= 0.3 is 0 Å². The molecule has 6 nitrogen and oxygen atoms in total. The van der Waals surface area contributed by atoms with E-state index >= 15 is 0 Å². The zero-order valence-electron chi connectivity index (χ0n) is 11.5. The monoisotopic (exact) mass is 376 g/mol. The lowest BCUT2D eigenvalue weighted by atomic mass is 10.1. The molecular formula is C14H13BrN6S. The Balaban J connectivity index is 2.30. The molecule has 1 aromatic heterocycles. The fourth-order valence-corrected chi connectivity index (χ4v) is 2.11. The van der Waals surface area contributed by atoms with Gasteiger partial charge in [0.1, 0.15) is 0 Å². The number of hydrogen-bond donors (Lipinski definition) is 2. The number of nitrogens with one attached hydrogen (secondary N) is 1. The SMILES string of the molecule is N#CCCn1nc(-c2ccc(Br)cc2)cc1/C=N\NC(N)=S. The zero-order valence-corrected chi connectivity index (χ0v) is 13.9. The maximum atomic E-state index is 8.75. The van der Waals surface area contributed by atoms with Gasteiger partial charge in [-0.2, -0.15) is 15.5 Å². The van der Waals surface area contributed by atoms with Crippen LogP contribution < -0.4 is 11.2 Å².